The molecule has 0 aliphatic heterocycles. The molecule has 0 fully saturated rings. The van der Waals surface area contributed by atoms with E-state index in [1.165, 1.54) is 0 Å². The van der Waals surface area contributed by atoms with Crippen LogP contribution in [0.5, 0.6) is 0 Å². The van der Waals surface area contributed by atoms with Gasteiger partial charge < -0.3 is 20.2 Å². The van der Waals surface area contributed by atoms with Gasteiger partial charge in [-0.25, -0.2) is 9.36 Å². The third kappa shape index (κ3) is 4.88. The van der Waals surface area contributed by atoms with Crippen LogP contribution >= 0.6 is 0 Å². The van der Waals surface area contributed by atoms with Gasteiger partial charge in [-0.15, -0.1) is 0 Å². The van der Waals surface area contributed by atoms with Crippen LogP contribution in [0, 0.1) is 11.8 Å². The predicted molar refractivity (Wildman–Crippen MR) is 104 cm³/mol. The summed E-state index contributed by atoms with van der Waals surface area (Å²) in [5, 5.41) is 14.1. The fourth-order valence-corrected chi connectivity index (χ4v) is 3.19. The van der Waals surface area contributed by atoms with Crippen LogP contribution < -0.4 is 21.7 Å². The average Bonchev–Trinajstić information content (AvgIpc) is 2.59. The van der Waals surface area contributed by atoms with Crippen LogP contribution in [0.15, 0.2) is 33.9 Å². The summed E-state index contributed by atoms with van der Waals surface area (Å²) in [4.78, 5) is 52.4. The number of hydrogen-bond donors (Lipinski definition) is 2. The van der Waals surface area contributed by atoms with Gasteiger partial charge in [0.1, 0.15) is 6.04 Å². The van der Waals surface area contributed by atoms with E-state index in [1.807, 2.05) is 27.7 Å². The fraction of sp³-hybridized carbons (Fsp3) is 0.500. The summed E-state index contributed by atoms with van der Waals surface area (Å²) in [5.41, 5.74) is -0.919. The Balaban J connectivity index is 2.51. The number of carbonyl (C=O) groups excluding carboxylic acids is 2. The zero-order valence-electron chi connectivity index (χ0n) is 16.5. The standard InChI is InChI=1S/C20H27N3O5/c1-11(2)9-15(19(26)27)21-17(24)16(10-12(3)4)23-18(25)13-7-5-6-8-14(13)22-20(23)28/h5-8,11-12,15-16H,9-10H2,1-4H3,(H,21,24)(H,22,28)(H,26,27)/p-1/t15-,16-/m0/s1. The minimum Gasteiger partial charge on any atom is -0.548 e. The number of fused-ring (bicyclic) bond motifs is 1. The van der Waals surface area contributed by atoms with E-state index in [4.69, 9.17) is 0 Å². The van der Waals surface area contributed by atoms with E-state index >= 15 is 0 Å². The molecule has 1 amide bonds. The van der Waals surface area contributed by atoms with E-state index in [0.717, 1.165) is 4.57 Å². The maximum absolute atomic E-state index is 12.9. The Hall–Kier alpha value is -2.90. The monoisotopic (exact) mass is 388 g/mol. The number of amides is 1. The second kappa shape index (κ2) is 8.86. The first-order valence-electron chi connectivity index (χ1n) is 9.36. The van der Waals surface area contributed by atoms with Crippen molar-refractivity contribution in [1.29, 1.82) is 0 Å². The van der Waals surface area contributed by atoms with Gasteiger partial charge in [0.2, 0.25) is 5.91 Å². The highest BCUT2D eigenvalue weighted by atomic mass is 16.4. The summed E-state index contributed by atoms with van der Waals surface area (Å²) < 4.78 is 0.874. The maximum Gasteiger partial charge on any atom is 0.329 e. The van der Waals surface area contributed by atoms with Gasteiger partial charge in [-0.3, -0.25) is 9.59 Å². The first-order chi connectivity index (χ1) is 13.1. The molecule has 0 unspecified atom stereocenters. The topological polar surface area (TPSA) is 124 Å². The molecule has 1 heterocycles. The van der Waals surface area contributed by atoms with E-state index in [2.05, 4.69) is 10.3 Å². The maximum atomic E-state index is 12.9. The van der Waals surface area contributed by atoms with Crippen LogP contribution in [-0.2, 0) is 9.59 Å². The summed E-state index contributed by atoms with van der Waals surface area (Å²) in [7, 11) is 0. The van der Waals surface area contributed by atoms with Crippen molar-refractivity contribution in [3.8, 4) is 0 Å². The van der Waals surface area contributed by atoms with Gasteiger partial charge in [0.15, 0.2) is 0 Å². The smallest absolute Gasteiger partial charge is 0.329 e. The molecule has 0 radical (unpaired) electrons. The van der Waals surface area contributed by atoms with Crippen LogP contribution in [0.25, 0.3) is 10.9 Å². The molecular weight excluding hydrogens is 362 g/mol. The molecule has 2 N–H and O–H groups in total. The lowest BCUT2D eigenvalue weighted by Crippen LogP contribution is -2.52. The highest BCUT2D eigenvalue weighted by molar-refractivity contribution is 5.86. The van der Waals surface area contributed by atoms with Gasteiger partial charge in [0.05, 0.1) is 22.9 Å². The molecule has 2 aromatic rings. The second-order valence-electron chi connectivity index (χ2n) is 7.81. The number of nitrogens with zero attached hydrogens (tertiary/aromatic N) is 1. The Labute approximate surface area is 162 Å². The number of aromatic amines is 1. The van der Waals surface area contributed by atoms with E-state index in [9.17, 15) is 24.3 Å². The van der Waals surface area contributed by atoms with Gasteiger partial charge in [-0.1, -0.05) is 39.8 Å². The molecule has 1 aromatic heterocycles. The first-order valence-corrected chi connectivity index (χ1v) is 9.36. The van der Waals surface area contributed by atoms with E-state index in [0.29, 0.717) is 5.52 Å². The molecule has 0 aliphatic rings. The number of para-hydroxylation sites is 1. The van der Waals surface area contributed by atoms with Gasteiger partial charge in [0.25, 0.3) is 5.56 Å². The van der Waals surface area contributed by atoms with E-state index in [1.54, 1.807) is 24.3 Å². The number of carboxylic acids is 1. The molecule has 2 rings (SSSR count). The molecule has 0 spiro atoms. The minimum atomic E-state index is -1.40. The molecule has 0 aliphatic carbocycles. The van der Waals surface area contributed by atoms with Crippen LogP contribution in [0.1, 0.15) is 46.6 Å². The van der Waals surface area contributed by atoms with Crippen molar-refractivity contribution in [2.24, 2.45) is 11.8 Å². The number of aliphatic carboxylic acids is 1. The van der Waals surface area contributed by atoms with Crippen molar-refractivity contribution < 1.29 is 14.7 Å². The molecule has 1 aromatic carbocycles. The summed E-state index contributed by atoms with van der Waals surface area (Å²) in [5.74, 6) is -2.09. The number of rotatable bonds is 8. The molecule has 0 saturated heterocycles. The molecule has 0 bridgehead atoms. The van der Waals surface area contributed by atoms with E-state index < -0.39 is 35.2 Å². The average molecular weight is 388 g/mol. The molecule has 152 valence electrons. The third-order valence-corrected chi connectivity index (χ3v) is 4.45. The van der Waals surface area contributed by atoms with Gasteiger partial charge in [-0.05, 0) is 36.8 Å². The van der Waals surface area contributed by atoms with Crippen molar-refractivity contribution in [2.75, 3.05) is 0 Å². The lowest BCUT2D eigenvalue weighted by molar-refractivity contribution is -0.308. The van der Waals surface area contributed by atoms with Crippen LogP contribution in [-0.4, -0.2) is 27.5 Å². The van der Waals surface area contributed by atoms with Crippen molar-refractivity contribution in [1.82, 2.24) is 14.9 Å². The summed E-state index contributed by atoms with van der Waals surface area (Å²) in [6.45, 7) is 7.36. The van der Waals surface area contributed by atoms with Crippen molar-refractivity contribution >= 4 is 22.8 Å². The van der Waals surface area contributed by atoms with Gasteiger partial charge >= 0.3 is 5.69 Å². The number of nitrogens with one attached hydrogen (secondary N) is 2. The molecule has 28 heavy (non-hydrogen) atoms. The molecule has 8 heteroatoms. The Morgan fingerprint density at radius 2 is 1.68 bits per heavy atom. The Morgan fingerprint density at radius 1 is 1.07 bits per heavy atom. The van der Waals surface area contributed by atoms with Crippen LogP contribution in [0.4, 0.5) is 0 Å². The van der Waals surface area contributed by atoms with Gasteiger partial charge in [0, 0.05) is 0 Å². The zero-order valence-corrected chi connectivity index (χ0v) is 16.5. The summed E-state index contributed by atoms with van der Waals surface area (Å²) in [6.07, 6.45) is 0.389. The Kier molecular flexibility index (Phi) is 6.77. The minimum absolute atomic E-state index is 0.0125. The van der Waals surface area contributed by atoms with Crippen molar-refractivity contribution in [3.63, 3.8) is 0 Å². The zero-order chi connectivity index (χ0) is 21.0. The quantitative estimate of drug-likeness (QED) is 0.684. The normalized spacial score (nSPS) is 13.6. The number of H-pyrrole nitrogens is 1. The first kappa shape index (κ1) is 21.4. The molecule has 2 atom stereocenters. The third-order valence-electron chi connectivity index (χ3n) is 4.45. The highest BCUT2D eigenvalue weighted by Gasteiger charge is 2.28. The van der Waals surface area contributed by atoms with Crippen molar-refractivity contribution in [3.05, 3.63) is 45.1 Å². The Morgan fingerprint density at radius 3 is 2.25 bits per heavy atom. The highest BCUT2D eigenvalue weighted by Crippen LogP contribution is 2.17. The predicted octanol–water partition coefficient (Wildman–Crippen LogP) is 0.558. The lowest BCUT2D eigenvalue weighted by Gasteiger charge is -2.26. The molecule has 8 nitrogen and oxygen atoms in total. The number of carbonyl (C=O) groups is 2. The number of aromatic nitrogens is 2. The summed E-state index contributed by atoms with van der Waals surface area (Å²) in [6, 6.07) is 4.20. The second-order valence-corrected chi connectivity index (χ2v) is 7.81. The summed E-state index contributed by atoms with van der Waals surface area (Å²) >= 11 is 0. The Bertz CT molecular complexity index is 974. The number of benzene rings is 1. The number of hydrogen-bond acceptors (Lipinski definition) is 5. The number of carboxylic acid groups (broad SMARTS) is 1. The van der Waals surface area contributed by atoms with Crippen LogP contribution in [0.3, 0.4) is 0 Å². The molecule has 0 saturated carbocycles. The molecular formula is C20H26N3O5-. The van der Waals surface area contributed by atoms with Gasteiger partial charge in [-0.2, -0.15) is 0 Å². The van der Waals surface area contributed by atoms with Crippen LogP contribution in [0.2, 0.25) is 0 Å². The SMILES string of the molecule is CC(C)C[C@H](NC(=O)[C@H](CC(C)C)n1c(=O)[nH]c2ccccc2c1=O)C(=O)[O-]. The fourth-order valence-electron chi connectivity index (χ4n) is 3.19. The van der Waals surface area contributed by atoms with Crippen molar-refractivity contribution in [2.45, 2.75) is 52.6 Å². The van der Waals surface area contributed by atoms with E-state index in [-0.39, 0.29) is 30.1 Å². The lowest BCUT2D eigenvalue weighted by atomic mass is 10.0. The largest absolute Gasteiger partial charge is 0.548 e.